The molecule has 0 fully saturated rings. The van der Waals surface area contributed by atoms with Gasteiger partial charge >= 0.3 is 6.03 Å². The van der Waals surface area contributed by atoms with Crippen LogP contribution in [0.4, 0.5) is 10.6 Å². The van der Waals surface area contributed by atoms with Crippen LogP contribution in [0, 0.1) is 0 Å². The molecule has 0 spiro atoms. The maximum atomic E-state index is 12.1. The van der Waals surface area contributed by atoms with Crippen LogP contribution in [0.5, 0.6) is 0 Å². The SMILES string of the molecule is COCCCCNC(=O)Nc1cc(C(C)(C)C)nn1C(C)(C)C. The van der Waals surface area contributed by atoms with Crippen LogP contribution < -0.4 is 10.6 Å². The molecule has 2 N–H and O–H groups in total. The van der Waals surface area contributed by atoms with Crippen LogP contribution >= 0.6 is 0 Å². The lowest BCUT2D eigenvalue weighted by Crippen LogP contribution is -2.33. The summed E-state index contributed by atoms with van der Waals surface area (Å²) < 4.78 is 6.87. The smallest absolute Gasteiger partial charge is 0.320 e. The third kappa shape index (κ3) is 6.22. The molecular weight excluding hydrogens is 292 g/mol. The summed E-state index contributed by atoms with van der Waals surface area (Å²) in [7, 11) is 1.68. The summed E-state index contributed by atoms with van der Waals surface area (Å²) in [5, 5.41) is 10.5. The first-order chi connectivity index (χ1) is 10.6. The average molecular weight is 324 g/mol. The first kappa shape index (κ1) is 19.5. The minimum Gasteiger partial charge on any atom is -0.385 e. The van der Waals surface area contributed by atoms with Crippen molar-refractivity contribution in [2.75, 3.05) is 25.6 Å². The van der Waals surface area contributed by atoms with Crippen molar-refractivity contribution in [3.05, 3.63) is 11.8 Å². The number of hydrogen-bond acceptors (Lipinski definition) is 3. The van der Waals surface area contributed by atoms with Crippen molar-refractivity contribution in [1.29, 1.82) is 0 Å². The maximum Gasteiger partial charge on any atom is 0.320 e. The Morgan fingerprint density at radius 3 is 2.39 bits per heavy atom. The summed E-state index contributed by atoms with van der Waals surface area (Å²) in [6, 6.07) is 1.75. The van der Waals surface area contributed by atoms with E-state index >= 15 is 0 Å². The fraction of sp³-hybridized carbons (Fsp3) is 0.765. The summed E-state index contributed by atoms with van der Waals surface area (Å²) in [5.74, 6) is 0.719. The van der Waals surface area contributed by atoms with Gasteiger partial charge in [0.2, 0.25) is 0 Å². The van der Waals surface area contributed by atoms with E-state index in [1.54, 1.807) is 7.11 Å². The molecule has 0 aromatic carbocycles. The standard InChI is InChI=1S/C17H32N4O2/c1-16(2,3)13-12-14(21(20-13)17(4,5)6)19-15(22)18-10-8-9-11-23-7/h12H,8-11H2,1-7H3,(H2,18,19,22). The largest absolute Gasteiger partial charge is 0.385 e. The lowest BCUT2D eigenvalue weighted by molar-refractivity contribution is 0.192. The second-order valence-corrected chi connectivity index (χ2v) is 7.83. The Hall–Kier alpha value is -1.56. The molecule has 6 heteroatoms. The normalized spacial score (nSPS) is 12.3. The number of methoxy groups -OCH3 is 1. The second-order valence-electron chi connectivity index (χ2n) is 7.83. The quantitative estimate of drug-likeness (QED) is 0.787. The van der Waals surface area contributed by atoms with E-state index in [1.165, 1.54) is 0 Å². The molecule has 0 unspecified atom stereocenters. The van der Waals surface area contributed by atoms with Crippen LogP contribution in [0.15, 0.2) is 6.07 Å². The van der Waals surface area contributed by atoms with Gasteiger partial charge in [0.25, 0.3) is 0 Å². The van der Waals surface area contributed by atoms with Gasteiger partial charge in [-0.05, 0) is 33.6 Å². The summed E-state index contributed by atoms with van der Waals surface area (Å²) >= 11 is 0. The van der Waals surface area contributed by atoms with Crippen molar-refractivity contribution in [1.82, 2.24) is 15.1 Å². The van der Waals surface area contributed by atoms with Gasteiger partial charge in [0, 0.05) is 31.7 Å². The van der Waals surface area contributed by atoms with Gasteiger partial charge in [0.1, 0.15) is 5.82 Å². The summed E-state index contributed by atoms with van der Waals surface area (Å²) in [6.07, 6.45) is 1.83. The second kappa shape index (κ2) is 7.81. The summed E-state index contributed by atoms with van der Waals surface area (Å²) in [5.41, 5.74) is 0.691. The van der Waals surface area contributed by atoms with Gasteiger partial charge in [-0.15, -0.1) is 0 Å². The third-order valence-electron chi connectivity index (χ3n) is 3.42. The molecule has 0 aliphatic heterocycles. The van der Waals surface area contributed by atoms with E-state index in [0.29, 0.717) is 6.54 Å². The molecule has 0 aliphatic carbocycles. The predicted octanol–water partition coefficient (Wildman–Crippen LogP) is 3.48. The van der Waals surface area contributed by atoms with Gasteiger partial charge in [-0.1, -0.05) is 20.8 Å². The Morgan fingerprint density at radius 1 is 1.22 bits per heavy atom. The highest BCUT2D eigenvalue weighted by molar-refractivity contribution is 5.88. The molecule has 0 aliphatic rings. The average Bonchev–Trinajstić information content (AvgIpc) is 2.82. The van der Waals surface area contributed by atoms with Gasteiger partial charge in [0.05, 0.1) is 11.2 Å². The Balaban J connectivity index is 2.75. The van der Waals surface area contributed by atoms with Crippen molar-refractivity contribution in [3.63, 3.8) is 0 Å². The Morgan fingerprint density at radius 2 is 1.87 bits per heavy atom. The topological polar surface area (TPSA) is 68.2 Å². The lowest BCUT2D eigenvalue weighted by Gasteiger charge is -2.23. The van der Waals surface area contributed by atoms with Gasteiger partial charge < -0.3 is 10.1 Å². The predicted molar refractivity (Wildman–Crippen MR) is 94.1 cm³/mol. The van der Waals surface area contributed by atoms with Gasteiger partial charge in [-0.25, -0.2) is 9.48 Å². The van der Waals surface area contributed by atoms with Crippen LogP contribution in [0.25, 0.3) is 0 Å². The Bertz CT molecular complexity index is 510. The van der Waals surface area contributed by atoms with Gasteiger partial charge in [-0.2, -0.15) is 5.10 Å². The molecule has 2 amide bonds. The molecule has 0 radical (unpaired) electrons. The molecule has 1 rings (SSSR count). The van der Waals surface area contributed by atoms with Crippen LogP contribution in [0.2, 0.25) is 0 Å². The number of carbonyl (C=O) groups is 1. The maximum absolute atomic E-state index is 12.1. The molecule has 1 aromatic heterocycles. The minimum atomic E-state index is -0.204. The first-order valence-electron chi connectivity index (χ1n) is 8.20. The molecule has 1 aromatic rings. The van der Waals surface area contributed by atoms with Crippen molar-refractivity contribution < 1.29 is 9.53 Å². The minimum absolute atomic E-state index is 0.0659. The van der Waals surface area contributed by atoms with E-state index in [9.17, 15) is 4.79 Å². The van der Waals surface area contributed by atoms with Crippen molar-refractivity contribution >= 4 is 11.8 Å². The summed E-state index contributed by atoms with van der Waals surface area (Å²) in [6.45, 7) is 13.9. The van der Waals surface area contributed by atoms with Crippen molar-refractivity contribution in [2.45, 2.75) is 65.3 Å². The van der Waals surface area contributed by atoms with Crippen molar-refractivity contribution in [2.24, 2.45) is 0 Å². The molecule has 1 heterocycles. The number of aromatic nitrogens is 2. The number of anilines is 1. The number of amides is 2. The number of rotatable bonds is 6. The molecule has 6 nitrogen and oxygen atoms in total. The van der Waals surface area contributed by atoms with Crippen LogP contribution in [-0.2, 0) is 15.7 Å². The van der Waals surface area contributed by atoms with E-state index in [2.05, 4.69) is 57.3 Å². The van der Waals surface area contributed by atoms with E-state index < -0.39 is 0 Å². The zero-order chi connectivity index (χ0) is 17.7. The molecule has 132 valence electrons. The van der Waals surface area contributed by atoms with Crippen molar-refractivity contribution in [3.8, 4) is 0 Å². The van der Waals surface area contributed by atoms with Crippen LogP contribution in [0.3, 0.4) is 0 Å². The zero-order valence-corrected chi connectivity index (χ0v) is 15.6. The van der Waals surface area contributed by atoms with Crippen LogP contribution in [-0.4, -0.2) is 36.1 Å². The number of urea groups is 1. The molecule has 23 heavy (non-hydrogen) atoms. The van der Waals surface area contributed by atoms with E-state index in [1.807, 2.05) is 10.7 Å². The Labute approximate surface area is 140 Å². The fourth-order valence-electron chi connectivity index (χ4n) is 2.08. The number of unbranched alkanes of at least 4 members (excludes halogenated alkanes) is 1. The monoisotopic (exact) mass is 324 g/mol. The summed E-state index contributed by atoms with van der Waals surface area (Å²) in [4.78, 5) is 12.1. The number of carbonyl (C=O) groups excluding carboxylic acids is 1. The lowest BCUT2D eigenvalue weighted by atomic mass is 9.92. The van der Waals surface area contributed by atoms with Gasteiger partial charge in [0.15, 0.2) is 0 Å². The Kier molecular flexibility index (Phi) is 6.62. The fourth-order valence-corrected chi connectivity index (χ4v) is 2.08. The molecule has 0 saturated carbocycles. The molecule has 0 bridgehead atoms. The third-order valence-corrected chi connectivity index (χ3v) is 3.42. The molecule has 0 atom stereocenters. The number of nitrogens with one attached hydrogen (secondary N) is 2. The molecule has 0 saturated heterocycles. The number of nitrogens with zero attached hydrogens (tertiary/aromatic N) is 2. The first-order valence-corrected chi connectivity index (χ1v) is 8.20. The van der Waals surface area contributed by atoms with Crippen LogP contribution in [0.1, 0.15) is 60.1 Å². The van der Waals surface area contributed by atoms with Gasteiger partial charge in [-0.3, -0.25) is 5.32 Å². The highest BCUT2D eigenvalue weighted by Crippen LogP contribution is 2.28. The zero-order valence-electron chi connectivity index (χ0n) is 15.6. The number of ether oxygens (including phenoxy) is 1. The highest BCUT2D eigenvalue weighted by atomic mass is 16.5. The van der Waals surface area contributed by atoms with E-state index in [0.717, 1.165) is 31.0 Å². The molecular formula is C17H32N4O2. The van der Waals surface area contributed by atoms with E-state index in [-0.39, 0.29) is 17.0 Å². The van der Waals surface area contributed by atoms with E-state index in [4.69, 9.17) is 4.74 Å². The highest BCUT2D eigenvalue weighted by Gasteiger charge is 2.25. The number of hydrogen-bond donors (Lipinski definition) is 2.